The minimum Gasteiger partial charge on any atom is -0.497 e. The standard InChI is InChI=1S/C13H17ClO3/c1-9(7-14)8-17-13-6-11(16-3)4-5-12(13)10(2)15/h4-7,10,15H,8H2,1-3H3/b9-7+/t10-/m1/s1. The van der Waals surface area contributed by atoms with Gasteiger partial charge in [0.2, 0.25) is 0 Å². The van der Waals surface area contributed by atoms with Crippen LogP contribution in [0.4, 0.5) is 0 Å². The van der Waals surface area contributed by atoms with E-state index in [1.54, 1.807) is 32.2 Å². The molecule has 0 saturated heterocycles. The van der Waals surface area contributed by atoms with Gasteiger partial charge in [-0.2, -0.15) is 0 Å². The van der Waals surface area contributed by atoms with Crippen LogP contribution in [-0.4, -0.2) is 18.8 Å². The van der Waals surface area contributed by atoms with E-state index >= 15 is 0 Å². The minimum atomic E-state index is -0.587. The molecular weight excluding hydrogens is 240 g/mol. The van der Waals surface area contributed by atoms with Gasteiger partial charge in [0.15, 0.2) is 0 Å². The Kier molecular flexibility index (Phi) is 5.32. The SMILES string of the molecule is COc1ccc([C@@H](C)O)c(OC/C(C)=C/Cl)c1. The van der Waals surface area contributed by atoms with Crippen molar-refractivity contribution in [3.63, 3.8) is 0 Å². The molecule has 1 aromatic rings. The Bertz CT molecular complexity index is 400. The van der Waals surface area contributed by atoms with Crippen molar-refractivity contribution in [2.24, 2.45) is 0 Å². The molecule has 0 heterocycles. The number of aliphatic hydroxyl groups excluding tert-OH is 1. The van der Waals surface area contributed by atoms with Crippen molar-refractivity contribution in [2.45, 2.75) is 20.0 Å². The predicted octanol–water partition coefficient (Wildman–Crippen LogP) is 3.27. The third-order valence-corrected chi connectivity index (χ3v) is 2.68. The first-order valence-corrected chi connectivity index (χ1v) is 5.76. The van der Waals surface area contributed by atoms with Crippen LogP contribution in [0, 0.1) is 0 Å². The molecule has 0 aliphatic carbocycles. The highest BCUT2D eigenvalue weighted by atomic mass is 35.5. The number of aliphatic hydroxyl groups is 1. The summed E-state index contributed by atoms with van der Waals surface area (Å²) in [5.41, 5.74) is 3.11. The molecule has 4 heteroatoms. The number of benzene rings is 1. The smallest absolute Gasteiger partial charge is 0.129 e. The lowest BCUT2D eigenvalue weighted by molar-refractivity contribution is 0.192. The predicted molar refractivity (Wildman–Crippen MR) is 68.7 cm³/mol. The summed E-state index contributed by atoms with van der Waals surface area (Å²) in [6.45, 7) is 3.95. The van der Waals surface area contributed by atoms with Gasteiger partial charge in [-0.15, -0.1) is 0 Å². The lowest BCUT2D eigenvalue weighted by Gasteiger charge is -2.14. The minimum absolute atomic E-state index is 0.385. The molecular formula is C13H17ClO3. The lowest BCUT2D eigenvalue weighted by Crippen LogP contribution is -2.03. The van der Waals surface area contributed by atoms with Crippen molar-refractivity contribution >= 4 is 11.6 Å². The van der Waals surface area contributed by atoms with E-state index in [1.165, 1.54) is 5.54 Å². The third kappa shape index (κ3) is 3.95. The number of hydrogen-bond acceptors (Lipinski definition) is 3. The Labute approximate surface area is 107 Å². The van der Waals surface area contributed by atoms with Crippen LogP contribution in [0.3, 0.4) is 0 Å². The van der Waals surface area contributed by atoms with E-state index in [0.29, 0.717) is 18.1 Å². The van der Waals surface area contributed by atoms with Gasteiger partial charge in [-0.3, -0.25) is 0 Å². The molecule has 0 aliphatic heterocycles. The summed E-state index contributed by atoms with van der Waals surface area (Å²) in [5.74, 6) is 1.30. The Balaban J connectivity index is 2.93. The fourth-order valence-corrected chi connectivity index (χ4v) is 1.40. The van der Waals surface area contributed by atoms with Crippen molar-refractivity contribution in [2.75, 3.05) is 13.7 Å². The maximum absolute atomic E-state index is 9.63. The molecule has 0 aliphatic rings. The molecule has 0 fully saturated rings. The van der Waals surface area contributed by atoms with Crippen LogP contribution >= 0.6 is 11.6 Å². The van der Waals surface area contributed by atoms with Crippen molar-refractivity contribution in [1.29, 1.82) is 0 Å². The highest BCUT2D eigenvalue weighted by Crippen LogP contribution is 2.29. The molecule has 0 unspecified atom stereocenters. The van der Waals surface area contributed by atoms with Gasteiger partial charge in [0, 0.05) is 17.2 Å². The molecule has 0 bridgehead atoms. The molecule has 17 heavy (non-hydrogen) atoms. The van der Waals surface area contributed by atoms with Gasteiger partial charge >= 0.3 is 0 Å². The molecule has 0 aromatic heterocycles. The van der Waals surface area contributed by atoms with E-state index in [2.05, 4.69) is 0 Å². The molecule has 1 N–H and O–H groups in total. The van der Waals surface area contributed by atoms with Crippen LogP contribution in [0.2, 0.25) is 0 Å². The Hall–Kier alpha value is -1.19. The van der Waals surface area contributed by atoms with Crippen molar-refractivity contribution < 1.29 is 14.6 Å². The van der Waals surface area contributed by atoms with Gasteiger partial charge in [-0.25, -0.2) is 0 Å². The molecule has 0 amide bonds. The Morgan fingerprint density at radius 3 is 2.76 bits per heavy atom. The van der Waals surface area contributed by atoms with Gasteiger partial charge < -0.3 is 14.6 Å². The second-order valence-electron chi connectivity index (χ2n) is 3.82. The molecule has 94 valence electrons. The Morgan fingerprint density at radius 1 is 1.53 bits per heavy atom. The first kappa shape index (κ1) is 13.9. The maximum atomic E-state index is 9.63. The second kappa shape index (κ2) is 6.52. The van der Waals surface area contributed by atoms with Crippen LogP contribution in [0.5, 0.6) is 11.5 Å². The highest BCUT2D eigenvalue weighted by molar-refractivity contribution is 6.25. The van der Waals surface area contributed by atoms with Crippen molar-refractivity contribution in [3.05, 3.63) is 34.9 Å². The van der Waals surface area contributed by atoms with E-state index in [-0.39, 0.29) is 0 Å². The molecule has 0 saturated carbocycles. The quantitative estimate of drug-likeness (QED) is 0.879. The summed E-state index contributed by atoms with van der Waals surface area (Å²) >= 11 is 5.56. The summed E-state index contributed by atoms with van der Waals surface area (Å²) in [5, 5.41) is 9.63. The van der Waals surface area contributed by atoms with Gasteiger partial charge in [-0.1, -0.05) is 11.6 Å². The number of ether oxygens (including phenoxy) is 2. The number of rotatable bonds is 5. The fraction of sp³-hybridized carbons (Fsp3) is 0.385. The van der Waals surface area contributed by atoms with E-state index in [9.17, 15) is 5.11 Å². The van der Waals surface area contributed by atoms with Crippen LogP contribution in [0.15, 0.2) is 29.3 Å². The average molecular weight is 257 g/mol. The van der Waals surface area contributed by atoms with Crippen LogP contribution in [0.1, 0.15) is 25.5 Å². The average Bonchev–Trinajstić information content (AvgIpc) is 2.35. The summed E-state index contributed by atoms with van der Waals surface area (Å²) in [7, 11) is 1.59. The summed E-state index contributed by atoms with van der Waals surface area (Å²) in [6, 6.07) is 5.33. The zero-order valence-electron chi connectivity index (χ0n) is 10.2. The molecule has 1 aromatic carbocycles. The summed E-state index contributed by atoms with van der Waals surface area (Å²) in [4.78, 5) is 0. The zero-order chi connectivity index (χ0) is 12.8. The lowest BCUT2D eigenvalue weighted by atomic mass is 10.1. The van der Waals surface area contributed by atoms with E-state index in [1.807, 2.05) is 6.92 Å². The molecule has 0 spiro atoms. The van der Waals surface area contributed by atoms with E-state index in [0.717, 1.165) is 11.1 Å². The summed E-state index contributed by atoms with van der Waals surface area (Å²) in [6.07, 6.45) is -0.587. The number of hydrogen-bond donors (Lipinski definition) is 1. The highest BCUT2D eigenvalue weighted by Gasteiger charge is 2.10. The Morgan fingerprint density at radius 2 is 2.24 bits per heavy atom. The van der Waals surface area contributed by atoms with Gasteiger partial charge in [0.1, 0.15) is 18.1 Å². The van der Waals surface area contributed by atoms with Gasteiger partial charge in [-0.05, 0) is 31.6 Å². The molecule has 0 radical (unpaired) electrons. The van der Waals surface area contributed by atoms with Crippen molar-refractivity contribution in [3.8, 4) is 11.5 Å². The van der Waals surface area contributed by atoms with Crippen LogP contribution < -0.4 is 9.47 Å². The third-order valence-electron chi connectivity index (χ3n) is 2.31. The van der Waals surface area contributed by atoms with Crippen LogP contribution in [0.25, 0.3) is 0 Å². The monoisotopic (exact) mass is 256 g/mol. The molecule has 1 atom stereocenters. The second-order valence-corrected chi connectivity index (χ2v) is 4.04. The van der Waals surface area contributed by atoms with Gasteiger partial charge in [0.25, 0.3) is 0 Å². The van der Waals surface area contributed by atoms with E-state index < -0.39 is 6.10 Å². The number of methoxy groups -OCH3 is 1. The summed E-state index contributed by atoms with van der Waals surface area (Å²) < 4.78 is 10.7. The first-order valence-electron chi connectivity index (χ1n) is 5.33. The van der Waals surface area contributed by atoms with E-state index in [4.69, 9.17) is 21.1 Å². The normalized spacial score (nSPS) is 13.4. The molecule has 1 rings (SSSR count). The first-order chi connectivity index (χ1) is 8.08. The van der Waals surface area contributed by atoms with Crippen molar-refractivity contribution in [1.82, 2.24) is 0 Å². The fourth-order valence-electron chi connectivity index (χ4n) is 1.33. The van der Waals surface area contributed by atoms with Gasteiger partial charge in [0.05, 0.1) is 13.2 Å². The topological polar surface area (TPSA) is 38.7 Å². The molecule has 3 nitrogen and oxygen atoms in total. The largest absolute Gasteiger partial charge is 0.497 e. The van der Waals surface area contributed by atoms with Crippen LogP contribution in [-0.2, 0) is 0 Å². The number of halogens is 1. The maximum Gasteiger partial charge on any atom is 0.129 e. The zero-order valence-corrected chi connectivity index (χ0v) is 11.0.